The lowest BCUT2D eigenvalue weighted by Crippen LogP contribution is -2.49. The molecule has 34 heavy (non-hydrogen) atoms. The largest absolute Gasteiger partial charge is 0.377 e. The van der Waals surface area contributed by atoms with Gasteiger partial charge in [0.15, 0.2) is 5.82 Å². The van der Waals surface area contributed by atoms with Gasteiger partial charge >= 0.3 is 0 Å². The number of benzene rings is 1. The molecule has 0 radical (unpaired) electrons. The molecular formula is C26H32N6O2. The van der Waals surface area contributed by atoms with E-state index in [0.717, 1.165) is 78.8 Å². The first-order chi connectivity index (χ1) is 16.4. The summed E-state index contributed by atoms with van der Waals surface area (Å²) in [6.45, 7) is 10.8. The minimum Gasteiger partial charge on any atom is -0.377 e. The maximum Gasteiger partial charge on any atom is 0.261 e. The maximum atomic E-state index is 9.81. The smallest absolute Gasteiger partial charge is 0.261 e. The molecule has 1 N–H and O–H groups in total. The number of nitrogens with zero attached hydrogens (tertiary/aromatic N) is 5. The molecular weight excluding hydrogens is 428 g/mol. The molecule has 2 saturated heterocycles. The van der Waals surface area contributed by atoms with E-state index in [1.54, 1.807) is 0 Å². The number of rotatable bonds is 5. The van der Waals surface area contributed by atoms with Crippen molar-refractivity contribution in [3.05, 3.63) is 34.6 Å². The molecule has 2 fully saturated rings. The Balaban J connectivity index is 1.51. The number of piperidine rings is 1. The minimum atomic E-state index is 0.263. The van der Waals surface area contributed by atoms with Gasteiger partial charge in [-0.2, -0.15) is 10.2 Å². The van der Waals surface area contributed by atoms with Crippen molar-refractivity contribution in [2.24, 2.45) is 0 Å². The Morgan fingerprint density at radius 3 is 2.74 bits per heavy atom. The molecule has 1 unspecified atom stereocenters. The average Bonchev–Trinajstić information content (AvgIpc) is 3.49. The molecule has 178 valence electrons. The highest BCUT2D eigenvalue weighted by Gasteiger charge is 2.31. The second-order valence-corrected chi connectivity index (χ2v) is 9.71. The normalized spacial score (nSPS) is 22.9. The molecule has 4 heterocycles. The molecule has 8 heteroatoms. The van der Waals surface area contributed by atoms with Gasteiger partial charge in [-0.1, -0.05) is 5.16 Å². The van der Waals surface area contributed by atoms with E-state index in [1.807, 2.05) is 19.9 Å². The number of fused-ring (bicyclic) bond motifs is 1. The average molecular weight is 461 g/mol. The summed E-state index contributed by atoms with van der Waals surface area (Å²) >= 11 is 0. The van der Waals surface area contributed by atoms with Crippen LogP contribution in [-0.2, 0) is 4.74 Å². The summed E-state index contributed by atoms with van der Waals surface area (Å²) in [5, 5.41) is 18.5. The zero-order valence-electron chi connectivity index (χ0n) is 20.4. The Bertz CT molecular complexity index is 1240. The van der Waals surface area contributed by atoms with Crippen LogP contribution in [0.2, 0.25) is 0 Å². The first-order valence-electron chi connectivity index (χ1n) is 12.2. The molecule has 0 saturated carbocycles. The van der Waals surface area contributed by atoms with E-state index >= 15 is 0 Å². The van der Waals surface area contributed by atoms with E-state index < -0.39 is 0 Å². The zero-order valence-corrected chi connectivity index (χ0v) is 20.4. The van der Waals surface area contributed by atoms with Crippen molar-refractivity contribution in [3.8, 4) is 17.5 Å². The van der Waals surface area contributed by atoms with Crippen molar-refractivity contribution in [2.45, 2.75) is 71.6 Å². The van der Waals surface area contributed by atoms with Crippen LogP contribution < -0.4 is 10.2 Å². The van der Waals surface area contributed by atoms with Crippen LogP contribution in [0.25, 0.3) is 22.4 Å². The van der Waals surface area contributed by atoms with Gasteiger partial charge in [0, 0.05) is 37.2 Å². The van der Waals surface area contributed by atoms with Crippen LogP contribution in [0.1, 0.15) is 55.1 Å². The molecule has 2 aliphatic rings. The van der Waals surface area contributed by atoms with Crippen molar-refractivity contribution < 1.29 is 9.26 Å². The van der Waals surface area contributed by atoms with E-state index in [9.17, 15) is 5.26 Å². The van der Waals surface area contributed by atoms with Crippen molar-refractivity contribution in [2.75, 3.05) is 24.6 Å². The molecule has 1 aromatic carbocycles. The molecule has 5 rings (SSSR count). The number of pyridine rings is 1. The Kier molecular flexibility index (Phi) is 6.24. The second-order valence-electron chi connectivity index (χ2n) is 9.71. The third kappa shape index (κ3) is 4.26. The summed E-state index contributed by atoms with van der Waals surface area (Å²) in [5.74, 6) is 1.89. The lowest BCUT2D eigenvalue weighted by molar-refractivity contribution is 0.106. The quantitative estimate of drug-likeness (QED) is 0.604. The van der Waals surface area contributed by atoms with E-state index in [0.29, 0.717) is 29.4 Å². The summed E-state index contributed by atoms with van der Waals surface area (Å²) in [6, 6.07) is 7.03. The second kappa shape index (κ2) is 9.32. The van der Waals surface area contributed by atoms with E-state index in [-0.39, 0.29) is 6.04 Å². The van der Waals surface area contributed by atoms with Gasteiger partial charge in [0.1, 0.15) is 11.9 Å². The standard InChI is InChI=1S/C26H32N6O2/c1-15-10-19(13-27)24-22(11-15)17(3)23(26-29-18(4)31-34-26)25(30-24)32-8-7-20(12-16(32)2)28-14-21-6-5-9-33-21/h10-11,16,20-21,28H,5-9,12,14H2,1-4H3/t16-,20-,21?/m1/s1. The van der Waals surface area contributed by atoms with E-state index in [4.69, 9.17) is 14.2 Å². The van der Waals surface area contributed by atoms with Crippen molar-refractivity contribution >= 4 is 16.7 Å². The lowest BCUT2D eigenvalue weighted by atomic mass is 9.95. The third-order valence-electron chi connectivity index (χ3n) is 7.14. The van der Waals surface area contributed by atoms with Gasteiger partial charge in [-0.3, -0.25) is 0 Å². The Morgan fingerprint density at radius 1 is 1.21 bits per heavy atom. The minimum absolute atomic E-state index is 0.263. The molecule has 0 spiro atoms. The molecule has 0 amide bonds. The highest BCUT2D eigenvalue weighted by molar-refractivity contribution is 5.95. The first-order valence-corrected chi connectivity index (χ1v) is 12.2. The molecule has 3 atom stereocenters. The SMILES string of the molecule is Cc1cc(C#N)c2nc(N3CC[C@@H](NCC4CCCO4)C[C@H]3C)c(-c3nc(C)no3)c(C)c2c1. The fourth-order valence-electron chi connectivity index (χ4n) is 5.37. The summed E-state index contributed by atoms with van der Waals surface area (Å²) in [5.41, 5.74) is 4.22. The summed E-state index contributed by atoms with van der Waals surface area (Å²) < 4.78 is 11.4. The van der Waals surface area contributed by atoms with Crippen molar-refractivity contribution in [1.29, 1.82) is 5.26 Å². The number of hydrogen-bond donors (Lipinski definition) is 1. The van der Waals surface area contributed by atoms with Gasteiger partial charge in [0.2, 0.25) is 0 Å². The van der Waals surface area contributed by atoms with Crippen molar-refractivity contribution in [1.82, 2.24) is 20.4 Å². The Labute approximate surface area is 200 Å². The van der Waals surface area contributed by atoms with Gasteiger partial charge in [-0.25, -0.2) is 4.98 Å². The number of anilines is 1. The topological polar surface area (TPSA) is 100 Å². The van der Waals surface area contributed by atoms with Crippen LogP contribution in [0, 0.1) is 32.1 Å². The third-order valence-corrected chi connectivity index (χ3v) is 7.14. The van der Waals surface area contributed by atoms with Crippen LogP contribution >= 0.6 is 0 Å². The monoisotopic (exact) mass is 460 g/mol. The molecule has 0 bridgehead atoms. The van der Waals surface area contributed by atoms with E-state index in [1.165, 1.54) is 0 Å². The number of nitriles is 1. The highest BCUT2D eigenvalue weighted by Crippen LogP contribution is 2.39. The molecule has 2 aliphatic heterocycles. The summed E-state index contributed by atoms with van der Waals surface area (Å²) in [4.78, 5) is 12.0. The molecule has 8 nitrogen and oxygen atoms in total. The van der Waals surface area contributed by atoms with Gasteiger partial charge in [-0.15, -0.1) is 0 Å². The predicted octanol–water partition coefficient (Wildman–Crippen LogP) is 4.21. The maximum absolute atomic E-state index is 9.81. The first kappa shape index (κ1) is 22.8. The van der Waals surface area contributed by atoms with Crippen LogP contribution in [0.4, 0.5) is 5.82 Å². The summed E-state index contributed by atoms with van der Waals surface area (Å²) in [6.07, 6.45) is 4.67. The zero-order chi connectivity index (χ0) is 23.8. The summed E-state index contributed by atoms with van der Waals surface area (Å²) in [7, 11) is 0. The van der Waals surface area contributed by atoms with Crippen LogP contribution in [0.5, 0.6) is 0 Å². The van der Waals surface area contributed by atoms with Gasteiger partial charge < -0.3 is 19.5 Å². The Morgan fingerprint density at radius 2 is 2.06 bits per heavy atom. The molecule has 2 aromatic heterocycles. The fraction of sp³-hybridized carbons (Fsp3) is 0.538. The number of nitrogens with one attached hydrogen (secondary N) is 1. The lowest BCUT2D eigenvalue weighted by Gasteiger charge is -2.40. The Hall–Kier alpha value is -3.02. The van der Waals surface area contributed by atoms with Crippen LogP contribution in [0.3, 0.4) is 0 Å². The molecule has 3 aromatic rings. The number of hydrogen-bond acceptors (Lipinski definition) is 8. The van der Waals surface area contributed by atoms with Crippen LogP contribution in [0.15, 0.2) is 16.7 Å². The predicted molar refractivity (Wildman–Crippen MR) is 131 cm³/mol. The van der Waals surface area contributed by atoms with Gasteiger partial charge in [0.25, 0.3) is 5.89 Å². The van der Waals surface area contributed by atoms with Crippen LogP contribution in [-0.4, -0.2) is 53.0 Å². The number of ether oxygens (including phenoxy) is 1. The number of aromatic nitrogens is 3. The molecule has 0 aliphatic carbocycles. The fourth-order valence-corrected chi connectivity index (χ4v) is 5.37. The van der Waals surface area contributed by atoms with E-state index in [2.05, 4.69) is 46.3 Å². The van der Waals surface area contributed by atoms with Gasteiger partial charge in [-0.05, 0) is 76.6 Å². The van der Waals surface area contributed by atoms with Crippen molar-refractivity contribution in [3.63, 3.8) is 0 Å². The van der Waals surface area contributed by atoms with Gasteiger partial charge in [0.05, 0.1) is 22.7 Å². The highest BCUT2D eigenvalue weighted by atomic mass is 16.5. The number of aryl methyl sites for hydroxylation is 3.